The van der Waals surface area contributed by atoms with E-state index >= 15 is 0 Å². The van der Waals surface area contributed by atoms with Crippen molar-refractivity contribution in [2.45, 2.75) is 6.42 Å². The van der Waals surface area contributed by atoms with Gasteiger partial charge in [0.05, 0.1) is 12.6 Å². The molecule has 5 rings (SSSR count). The van der Waals surface area contributed by atoms with E-state index < -0.39 is 0 Å². The van der Waals surface area contributed by atoms with Crippen molar-refractivity contribution in [3.8, 4) is 5.88 Å². The zero-order valence-electron chi connectivity index (χ0n) is 20.8. The fourth-order valence-electron chi connectivity index (χ4n) is 4.78. The largest absolute Gasteiger partial charge is 0.481 e. The molecular formula is C32H29BrN2O. The summed E-state index contributed by atoms with van der Waals surface area (Å²) >= 11 is 3.63. The molecule has 0 saturated carbocycles. The highest BCUT2D eigenvalue weighted by Gasteiger charge is 2.21. The molecule has 1 heterocycles. The first-order valence-electron chi connectivity index (χ1n) is 12.1. The van der Waals surface area contributed by atoms with Crippen LogP contribution in [0.5, 0.6) is 5.88 Å². The van der Waals surface area contributed by atoms with E-state index in [1.54, 1.807) is 7.11 Å². The maximum atomic E-state index is 5.92. The first-order chi connectivity index (χ1) is 17.5. The smallest absolute Gasteiger partial charge is 0.221 e. The Morgan fingerprint density at radius 2 is 1.56 bits per heavy atom. The molecule has 1 aromatic heterocycles. The average Bonchev–Trinajstić information content (AvgIpc) is 2.90. The molecule has 5 aromatic rings. The Balaban J connectivity index is 1.90. The Bertz CT molecular complexity index is 1550. The normalized spacial score (nSPS) is 12.2. The lowest BCUT2D eigenvalue weighted by molar-refractivity contribution is 0.398. The predicted molar refractivity (Wildman–Crippen MR) is 155 cm³/mol. The van der Waals surface area contributed by atoms with Gasteiger partial charge in [0.1, 0.15) is 0 Å². The third kappa shape index (κ3) is 4.92. The molecule has 0 unspecified atom stereocenters. The molecule has 0 saturated heterocycles. The highest BCUT2D eigenvalue weighted by atomic mass is 79.9. The second-order valence-electron chi connectivity index (χ2n) is 9.18. The molecule has 36 heavy (non-hydrogen) atoms. The first kappa shape index (κ1) is 24.2. The number of halogens is 1. The molecular weight excluding hydrogens is 508 g/mol. The fraction of sp³-hybridized carbons (Fsp3) is 0.156. The number of benzene rings is 4. The maximum Gasteiger partial charge on any atom is 0.221 e. The van der Waals surface area contributed by atoms with Gasteiger partial charge >= 0.3 is 0 Å². The molecule has 0 aliphatic rings. The summed E-state index contributed by atoms with van der Waals surface area (Å²) in [5.41, 5.74) is 6.72. The maximum absolute atomic E-state index is 5.92. The van der Waals surface area contributed by atoms with Crippen LogP contribution >= 0.6 is 15.9 Å². The Morgan fingerprint density at radius 1 is 0.806 bits per heavy atom. The average molecular weight is 538 g/mol. The molecule has 4 aromatic carbocycles. The molecule has 0 atom stereocenters. The first-order valence-corrected chi connectivity index (χ1v) is 12.9. The number of rotatable bonds is 7. The van der Waals surface area contributed by atoms with Crippen LogP contribution in [0.25, 0.3) is 32.8 Å². The third-order valence-corrected chi connectivity index (χ3v) is 6.99. The standard InChI is InChI=1S/C32H29BrN2O/c1-35(2)19-18-28(27-15-9-13-22-10-7-8-14-26(22)27)31(23-11-5-4-6-12-23)29-21-24-20-25(33)16-17-30(24)34-32(29)36-3/h4-17,20-21H,18-19H2,1-3H3/b31-28-. The second kappa shape index (κ2) is 10.7. The Labute approximate surface area is 221 Å². The topological polar surface area (TPSA) is 25.4 Å². The molecule has 0 aliphatic carbocycles. The third-order valence-electron chi connectivity index (χ3n) is 6.49. The number of hydrogen-bond donors (Lipinski definition) is 0. The summed E-state index contributed by atoms with van der Waals surface area (Å²) in [7, 11) is 5.95. The zero-order valence-corrected chi connectivity index (χ0v) is 22.4. The highest BCUT2D eigenvalue weighted by Crippen LogP contribution is 2.41. The van der Waals surface area contributed by atoms with Crippen molar-refractivity contribution in [3.05, 3.63) is 118 Å². The van der Waals surface area contributed by atoms with Crippen LogP contribution in [0.4, 0.5) is 0 Å². The van der Waals surface area contributed by atoms with E-state index in [2.05, 4.69) is 120 Å². The van der Waals surface area contributed by atoms with Crippen molar-refractivity contribution >= 4 is 48.8 Å². The minimum atomic E-state index is 0.631. The highest BCUT2D eigenvalue weighted by molar-refractivity contribution is 9.10. The summed E-state index contributed by atoms with van der Waals surface area (Å²) in [6.07, 6.45) is 0.880. The van der Waals surface area contributed by atoms with E-state index in [4.69, 9.17) is 9.72 Å². The molecule has 0 spiro atoms. The number of hydrogen-bond acceptors (Lipinski definition) is 3. The van der Waals surface area contributed by atoms with Crippen LogP contribution in [-0.2, 0) is 0 Å². The molecule has 180 valence electrons. The zero-order chi connectivity index (χ0) is 25.1. The van der Waals surface area contributed by atoms with Crippen LogP contribution in [-0.4, -0.2) is 37.6 Å². The van der Waals surface area contributed by atoms with Gasteiger partial charge in [-0.25, -0.2) is 4.98 Å². The van der Waals surface area contributed by atoms with Gasteiger partial charge < -0.3 is 9.64 Å². The minimum absolute atomic E-state index is 0.631. The van der Waals surface area contributed by atoms with E-state index in [0.717, 1.165) is 45.0 Å². The van der Waals surface area contributed by atoms with Crippen molar-refractivity contribution in [1.82, 2.24) is 9.88 Å². The number of methoxy groups -OCH3 is 1. The van der Waals surface area contributed by atoms with E-state index in [0.29, 0.717) is 5.88 Å². The van der Waals surface area contributed by atoms with Gasteiger partial charge in [-0.1, -0.05) is 88.7 Å². The Morgan fingerprint density at radius 3 is 2.33 bits per heavy atom. The Kier molecular flexibility index (Phi) is 7.17. The summed E-state index contributed by atoms with van der Waals surface area (Å²) in [6.45, 7) is 0.920. The molecule has 0 bridgehead atoms. The van der Waals surface area contributed by atoms with E-state index in [9.17, 15) is 0 Å². The molecule has 0 aliphatic heterocycles. The summed E-state index contributed by atoms with van der Waals surface area (Å²) in [5.74, 6) is 0.631. The number of ether oxygens (including phenoxy) is 1. The van der Waals surface area contributed by atoms with Gasteiger partial charge in [0, 0.05) is 22.0 Å². The van der Waals surface area contributed by atoms with Crippen molar-refractivity contribution in [1.29, 1.82) is 0 Å². The number of aromatic nitrogens is 1. The lowest BCUT2D eigenvalue weighted by Crippen LogP contribution is -2.14. The van der Waals surface area contributed by atoms with Crippen LogP contribution in [0.2, 0.25) is 0 Å². The molecule has 4 heteroatoms. The molecule has 0 radical (unpaired) electrons. The van der Waals surface area contributed by atoms with Crippen molar-refractivity contribution in [2.75, 3.05) is 27.7 Å². The SMILES string of the molecule is COc1nc2ccc(Br)cc2cc1/C(=C(/CCN(C)C)c1cccc2ccccc12)c1ccccc1. The van der Waals surface area contributed by atoms with E-state index in [1.807, 2.05) is 12.1 Å². The van der Waals surface area contributed by atoms with Gasteiger partial charge in [0.25, 0.3) is 0 Å². The number of nitrogens with zero attached hydrogens (tertiary/aromatic N) is 2. The van der Waals surface area contributed by atoms with Crippen LogP contribution in [0.3, 0.4) is 0 Å². The van der Waals surface area contributed by atoms with Gasteiger partial charge in [0.15, 0.2) is 0 Å². The summed E-state index contributed by atoms with van der Waals surface area (Å²) < 4.78 is 6.95. The molecule has 3 nitrogen and oxygen atoms in total. The fourth-order valence-corrected chi connectivity index (χ4v) is 5.16. The van der Waals surface area contributed by atoms with Crippen LogP contribution < -0.4 is 4.74 Å². The minimum Gasteiger partial charge on any atom is -0.481 e. The van der Waals surface area contributed by atoms with Gasteiger partial charge in [-0.15, -0.1) is 0 Å². The lowest BCUT2D eigenvalue weighted by Gasteiger charge is -2.22. The van der Waals surface area contributed by atoms with Crippen molar-refractivity contribution in [3.63, 3.8) is 0 Å². The van der Waals surface area contributed by atoms with Crippen LogP contribution in [0.1, 0.15) is 23.1 Å². The van der Waals surface area contributed by atoms with Crippen LogP contribution in [0.15, 0.2) is 102 Å². The van der Waals surface area contributed by atoms with Crippen LogP contribution in [0, 0.1) is 0 Å². The van der Waals surface area contributed by atoms with Gasteiger partial charge in [-0.05, 0) is 77.8 Å². The summed E-state index contributed by atoms with van der Waals surface area (Å²) in [6, 6.07) is 34.2. The number of fused-ring (bicyclic) bond motifs is 2. The van der Waals surface area contributed by atoms with Gasteiger partial charge in [0.2, 0.25) is 5.88 Å². The van der Waals surface area contributed by atoms with Gasteiger partial charge in [-0.3, -0.25) is 0 Å². The molecule has 0 amide bonds. The van der Waals surface area contributed by atoms with E-state index in [-0.39, 0.29) is 0 Å². The predicted octanol–water partition coefficient (Wildman–Crippen LogP) is 8.07. The van der Waals surface area contributed by atoms with Gasteiger partial charge in [-0.2, -0.15) is 0 Å². The summed E-state index contributed by atoms with van der Waals surface area (Å²) in [4.78, 5) is 7.16. The second-order valence-corrected chi connectivity index (χ2v) is 10.1. The Hall–Kier alpha value is -3.47. The van der Waals surface area contributed by atoms with Crippen molar-refractivity contribution in [2.24, 2.45) is 0 Å². The quantitative estimate of drug-likeness (QED) is 0.196. The van der Waals surface area contributed by atoms with Crippen molar-refractivity contribution < 1.29 is 4.74 Å². The molecule has 0 fully saturated rings. The number of pyridine rings is 1. The monoisotopic (exact) mass is 536 g/mol. The lowest BCUT2D eigenvalue weighted by atomic mass is 9.86. The summed E-state index contributed by atoms with van der Waals surface area (Å²) in [5, 5.41) is 3.55. The molecule has 0 N–H and O–H groups in total. The van der Waals surface area contributed by atoms with E-state index in [1.165, 1.54) is 21.9 Å².